The second-order valence-corrected chi connectivity index (χ2v) is 5.63. The Kier molecular flexibility index (Phi) is 4.44. The first-order valence-electron chi connectivity index (χ1n) is 7.22. The van der Waals surface area contributed by atoms with Crippen LogP contribution in [0.1, 0.15) is 29.0 Å². The van der Waals surface area contributed by atoms with Gasteiger partial charge in [0.25, 0.3) is 5.91 Å². The van der Waals surface area contributed by atoms with Crippen molar-refractivity contribution in [2.45, 2.75) is 13.0 Å². The van der Waals surface area contributed by atoms with Gasteiger partial charge in [-0.05, 0) is 24.6 Å². The van der Waals surface area contributed by atoms with Crippen LogP contribution in [0.5, 0.6) is 0 Å². The lowest BCUT2D eigenvalue weighted by atomic mass is 10.1. The number of carbonyl (C=O) groups is 1. The van der Waals surface area contributed by atoms with E-state index >= 15 is 0 Å². The van der Waals surface area contributed by atoms with Crippen molar-refractivity contribution in [1.82, 2.24) is 10.5 Å². The summed E-state index contributed by atoms with van der Waals surface area (Å²) in [6.07, 6.45) is 0. The Morgan fingerprint density at radius 1 is 1.13 bits per heavy atom. The zero-order valence-corrected chi connectivity index (χ0v) is 13.2. The fourth-order valence-electron chi connectivity index (χ4n) is 2.23. The fourth-order valence-corrected chi connectivity index (χ4v) is 2.35. The number of halogens is 1. The van der Waals surface area contributed by atoms with Crippen molar-refractivity contribution in [3.05, 3.63) is 76.9 Å². The zero-order chi connectivity index (χ0) is 16.2. The molecule has 116 valence electrons. The van der Waals surface area contributed by atoms with Gasteiger partial charge in [-0.25, -0.2) is 0 Å². The molecule has 1 atom stereocenters. The first kappa shape index (κ1) is 15.3. The van der Waals surface area contributed by atoms with Crippen LogP contribution in [0.25, 0.3) is 11.3 Å². The lowest BCUT2D eigenvalue weighted by Crippen LogP contribution is -2.26. The molecule has 23 heavy (non-hydrogen) atoms. The Morgan fingerprint density at radius 3 is 2.52 bits per heavy atom. The molecule has 3 aromatic rings. The summed E-state index contributed by atoms with van der Waals surface area (Å²) in [7, 11) is 0. The van der Waals surface area contributed by atoms with Gasteiger partial charge in [-0.3, -0.25) is 4.79 Å². The number of benzene rings is 2. The van der Waals surface area contributed by atoms with E-state index in [4.69, 9.17) is 16.1 Å². The maximum atomic E-state index is 12.3. The average molecular weight is 327 g/mol. The predicted octanol–water partition coefficient (Wildman–Crippen LogP) is 4.49. The van der Waals surface area contributed by atoms with Crippen LogP contribution in [0.3, 0.4) is 0 Å². The lowest BCUT2D eigenvalue weighted by Gasteiger charge is -2.13. The van der Waals surface area contributed by atoms with Crippen LogP contribution in [-0.2, 0) is 0 Å². The number of hydrogen-bond donors (Lipinski definition) is 1. The Balaban J connectivity index is 1.71. The van der Waals surface area contributed by atoms with Crippen molar-refractivity contribution < 1.29 is 9.32 Å². The summed E-state index contributed by atoms with van der Waals surface area (Å²) in [5.74, 6) is 0.285. The van der Waals surface area contributed by atoms with Crippen LogP contribution in [0.15, 0.2) is 65.2 Å². The van der Waals surface area contributed by atoms with Crippen molar-refractivity contribution in [2.75, 3.05) is 0 Å². The van der Waals surface area contributed by atoms with E-state index in [1.54, 1.807) is 18.2 Å². The van der Waals surface area contributed by atoms with Gasteiger partial charge in [0.2, 0.25) is 0 Å². The van der Waals surface area contributed by atoms with Crippen molar-refractivity contribution >= 4 is 17.5 Å². The number of hydrogen-bond acceptors (Lipinski definition) is 3. The number of carbonyl (C=O) groups excluding carboxylic acids is 1. The predicted molar refractivity (Wildman–Crippen MR) is 89.3 cm³/mol. The van der Waals surface area contributed by atoms with Crippen molar-refractivity contribution in [3.63, 3.8) is 0 Å². The topological polar surface area (TPSA) is 55.1 Å². The minimum Gasteiger partial charge on any atom is -0.355 e. The van der Waals surface area contributed by atoms with Crippen LogP contribution < -0.4 is 5.32 Å². The quantitative estimate of drug-likeness (QED) is 0.768. The molecule has 1 aromatic heterocycles. The van der Waals surface area contributed by atoms with E-state index in [9.17, 15) is 4.79 Å². The molecular weight excluding hydrogens is 312 g/mol. The van der Waals surface area contributed by atoms with E-state index in [2.05, 4.69) is 10.5 Å². The molecule has 0 spiro atoms. The molecule has 0 fully saturated rings. The SMILES string of the molecule is C[C@@H](NC(=O)c1cc(-c2ccccc2)on1)c1ccc(Cl)cc1. The van der Waals surface area contributed by atoms with E-state index in [0.29, 0.717) is 10.8 Å². The van der Waals surface area contributed by atoms with E-state index in [1.165, 1.54) is 0 Å². The van der Waals surface area contributed by atoms with Gasteiger partial charge in [0, 0.05) is 16.7 Å². The molecular formula is C18H15ClN2O2. The highest BCUT2D eigenvalue weighted by Gasteiger charge is 2.16. The molecule has 5 heteroatoms. The van der Waals surface area contributed by atoms with Crippen LogP contribution in [-0.4, -0.2) is 11.1 Å². The van der Waals surface area contributed by atoms with Gasteiger partial charge in [0.05, 0.1) is 6.04 Å². The summed E-state index contributed by atoms with van der Waals surface area (Å²) in [5, 5.41) is 7.40. The maximum Gasteiger partial charge on any atom is 0.273 e. The molecule has 2 aromatic carbocycles. The summed E-state index contributed by atoms with van der Waals surface area (Å²) in [5.41, 5.74) is 2.10. The number of nitrogens with zero attached hydrogens (tertiary/aromatic N) is 1. The minimum atomic E-state index is -0.279. The van der Waals surface area contributed by atoms with Crippen molar-refractivity contribution in [2.24, 2.45) is 0 Å². The maximum absolute atomic E-state index is 12.3. The fraction of sp³-hybridized carbons (Fsp3) is 0.111. The Morgan fingerprint density at radius 2 is 1.83 bits per heavy atom. The third kappa shape index (κ3) is 3.60. The summed E-state index contributed by atoms with van der Waals surface area (Å²) >= 11 is 5.87. The van der Waals surface area contributed by atoms with Gasteiger partial charge in [-0.1, -0.05) is 59.2 Å². The Bertz CT molecular complexity index is 797. The highest BCUT2D eigenvalue weighted by molar-refractivity contribution is 6.30. The minimum absolute atomic E-state index is 0.156. The number of rotatable bonds is 4. The average Bonchev–Trinajstić information content (AvgIpc) is 3.06. The molecule has 0 radical (unpaired) electrons. The molecule has 0 aliphatic heterocycles. The van der Waals surface area contributed by atoms with E-state index < -0.39 is 0 Å². The highest BCUT2D eigenvalue weighted by atomic mass is 35.5. The van der Waals surface area contributed by atoms with Gasteiger partial charge in [0.1, 0.15) is 0 Å². The summed E-state index contributed by atoms with van der Waals surface area (Å²) in [6, 6.07) is 18.4. The smallest absolute Gasteiger partial charge is 0.273 e. The first-order valence-corrected chi connectivity index (χ1v) is 7.60. The summed E-state index contributed by atoms with van der Waals surface area (Å²) in [6.45, 7) is 1.90. The van der Waals surface area contributed by atoms with Gasteiger partial charge in [-0.15, -0.1) is 0 Å². The third-order valence-corrected chi connectivity index (χ3v) is 3.77. The molecule has 3 rings (SSSR count). The molecule has 0 unspecified atom stereocenters. The third-order valence-electron chi connectivity index (χ3n) is 3.52. The molecule has 0 aliphatic rings. The number of aromatic nitrogens is 1. The van der Waals surface area contributed by atoms with E-state index in [1.807, 2.05) is 49.4 Å². The molecule has 1 N–H and O–H groups in total. The van der Waals surface area contributed by atoms with Gasteiger partial charge < -0.3 is 9.84 Å². The van der Waals surface area contributed by atoms with E-state index in [-0.39, 0.29) is 17.6 Å². The molecule has 4 nitrogen and oxygen atoms in total. The molecule has 0 bridgehead atoms. The van der Waals surface area contributed by atoms with Crippen LogP contribution in [0.4, 0.5) is 0 Å². The normalized spacial score (nSPS) is 11.9. The van der Waals surface area contributed by atoms with Gasteiger partial charge in [0.15, 0.2) is 11.5 Å². The largest absolute Gasteiger partial charge is 0.355 e. The van der Waals surface area contributed by atoms with E-state index in [0.717, 1.165) is 11.1 Å². The second-order valence-electron chi connectivity index (χ2n) is 5.19. The van der Waals surface area contributed by atoms with Crippen molar-refractivity contribution in [3.8, 4) is 11.3 Å². The van der Waals surface area contributed by atoms with Crippen LogP contribution in [0, 0.1) is 0 Å². The number of amides is 1. The second kappa shape index (κ2) is 6.67. The van der Waals surface area contributed by atoms with Crippen LogP contribution >= 0.6 is 11.6 Å². The zero-order valence-electron chi connectivity index (χ0n) is 12.5. The molecule has 0 saturated heterocycles. The van der Waals surface area contributed by atoms with Crippen molar-refractivity contribution in [1.29, 1.82) is 0 Å². The summed E-state index contributed by atoms with van der Waals surface area (Å²) in [4.78, 5) is 12.3. The van der Waals surface area contributed by atoms with Gasteiger partial charge in [-0.2, -0.15) is 0 Å². The molecule has 1 amide bonds. The number of nitrogens with one attached hydrogen (secondary N) is 1. The molecule has 1 heterocycles. The first-order chi connectivity index (χ1) is 11.1. The van der Waals surface area contributed by atoms with Gasteiger partial charge >= 0.3 is 0 Å². The Labute approximate surface area is 139 Å². The standard InChI is InChI=1S/C18H15ClN2O2/c1-12(13-7-9-15(19)10-8-13)20-18(22)16-11-17(23-21-16)14-5-3-2-4-6-14/h2-12H,1H3,(H,20,22)/t12-/m1/s1. The molecule has 0 saturated carbocycles. The monoisotopic (exact) mass is 326 g/mol. The summed E-state index contributed by atoms with van der Waals surface area (Å²) < 4.78 is 5.25. The van der Waals surface area contributed by atoms with Crippen LogP contribution in [0.2, 0.25) is 5.02 Å². The highest BCUT2D eigenvalue weighted by Crippen LogP contribution is 2.21. The Hall–Kier alpha value is -2.59. The lowest BCUT2D eigenvalue weighted by molar-refractivity contribution is 0.0931. The molecule has 0 aliphatic carbocycles.